The molecule has 2 rings (SSSR count). The summed E-state index contributed by atoms with van der Waals surface area (Å²) in [5.41, 5.74) is 0.555. The number of nitrogens with one attached hydrogen (secondary N) is 1. The van der Waals surface area contributed by atoms with E-state index < -0.39 is 17.5 Å². The smallest absolute Gasteiger partial charge is 0.228 e. The molecule has 6 heteroatoms. The van der Waals surface area contributed by atoms with Gasteiger partial charge in [0.1, 0.15) is 17.7 Å². The first-order valence-electron chi connectivity index (χ1n) is 5.93. The first-order chi connectivity index (χ1) is 9.99. The Bertz CT molecular complexity index is 741. The Morgan fingerprint density at radius 2 is 2.00 bits per heavy atom. The number of hydrogen-bond donors (Lipinski definition) is 1. The van der Waals surface area contributed by atoms with Gasteiger partial charge in [-0.2, -0.15) is 5.26 Å². The highest BCUT2D eigenvalue weighted by molar-refractivity contribution is 6.31. The van der Waals surface area contributed by atoms with Crippen molar-refractivity contribution < 1.29 is 13.6 Å². The summed E-state index contributed by atoms with van der Waals surface area (Å²) in [6, 6.07) is 9.32. The number of carbonyl (C=O) groups is 1. The average molecular weight is 307 g/mol. The van der Waals surface area contributed by atoms with Crippen LogP contribution in [0.3, 0.4) is 0 Å². The number of hydrogen-bond acceptors (Lipinski definition) is 2. The van der Waals surface area contributed by atoms with Crippen molar-refractivity contribution in [3.63, 3.8) is 0 Å². The lowest BCUT2D eigenvalue weighted by molar-refractivity contribution is -0.115. The molecule has 0 atom stereocenters. The van der Waals surface area contributed by atoms with Crippen molar-refractivity contribution in [3.8, 4) is 6.07 Å². The Labute approximate surface area is 124 Å². The molecular weight excluding hydrogens is 298 g/mol. The number of rotatable bonds is 3. The minimum absolute atomic E-state index is 0.0643. The molecular formula is C15H9ClF2N2O. The highest BCUT2D eigenvalue weighted by Gasteiger charge is 2.11. The zero-order valence-corrected chi connectivity index (χ0v) is 11.4. The van der Waals surface area contributed by atoms with Crippen LogP contribution in [0.15, 0.2) is 36.4 Å². The number of benzene rings is 2. The molecule has 0 bridgehead atoms. The van der Waals surface area contributed by atoms with Crippen LogP contribution in [0.2, 0.25) is 5.02 Å². The predicted molar refractivity (Wildman–Crippen MR) is 74.9 cm³/mol. The summed E-state index contributed by atoms with van der Waals surface area (Å²) >= 11 is 5.80. The lowest BCUT2D eigenvalue weighted by atomic mass is 10.1. The van der Waals surface area contributed by atoms with E-state index in [1.807, 2.05) is 6.07 Å². The maximum atomic E-state index is 13.5. The molecule has 2 aromatic rings. The summed E-state index contributed by atoms with van der Waals surface area (Å²) in [7, 11) is 0. The molecule has 0 aliphatic carbocycles. The van der Waals surface area contributed by atoms with Crippen LogP contribution in [-0.2, 0) is 11.2 Å². The largest absolute Gasteiger partial charge is 0.325 e. The molecule has 3 nitrogen and oxygen atoms in total. The second kappa shape index (κ2) is 6.33. The van der Waals surface area contributed by atoms with E-state index in [4.69, 9.17) is 16.9 Å². The van der Waals surface area contributed by atoms with Crippen LogP contribution in [0.25, 0.3) is 0 Å². The van der Waals surface area contributed by atoms with Gasteiger partial charge in [0.25, 0.3) is 0 Å². The number of nitriles is 1. The van der Waals surface area contributed by atoms with Gasteiger partial charge >= 0.3 is 0 Å². The van der Waals surface area contributed by atoms with Crippen molar-refractivity contribution in [2.24, 2.45) is 0 Å². The van der Waals surface area contributed by atoms with Crippen molar-refractivity contribution in [2.45, 2.75) is 6.42 Å². The molecule has 0 aliphatic rings. The molecule has 0 aromatic heterocycles. The number of amides is 1. The monoisotopic (exact) mass is 306 g/mol. The van der Waals surface area contributed by atoms with Crippen molar-refractivity contribution in [3.05, 3.63) is 64.2 Å². The molecule has 0 heterocycles. The van der Waals surface area contributed by atoms with Crippen LogP contribution < -0.4 is 5.32 Å². The molecule has 1 amide bonds. The van der Waals surface area contributed by atoms with E-state index in [1.54, 1.807) is 0 Å². The topological polar surface area (TPSA) is 52.9 Å². The number of nitrogens with zero attached hydrogens (tertiary/aromatic N) is 1. The average Bonchev–Trinajstić information content (AvgIpc) is 2.42. The highest BCUT2D eigenvalue weighted by atomic mass is 35.5. The van der Waals surface area contributed by atoms with E-state index in [-0.39, 0.29) is 23.2 Å². The molecule has 1 N–H and O–H groups in total. The molecule has 2 aromatic carbocycles. The Morgan fingerprint density at radius 1 is 1.24 bits per heavy atom. The van der Waals surface area contributed by atoms with E-state index in [0.717, 1.165) is 6.07 Å². The third-order valence-corrected chi connectivity index (χ3v) is 2.98. The number of anilines is 1. The highest BCUT2D eigenvalue weighted by Crippen LogP contribution is 2.21. The van der Waals surface area contributed by atoms with E-state index in [2.05, 4.69) is 5.32 Å². The van der Waals surface area contributed by atoms with E-state index in [9.17, 15) is 13.6 Å². The Kier molecular flexibility index (Phi) is 4.51. The SMILES string of the molecule is N#Cc1ccc(Cl)cc1NC(=O)Cc1ccc(F)cc1F. The van der Waals surface area contributed by atoms with Crippen molar-refractivity contribution in [1.29, 1.82) is 5.26 Å². The van der Waals surface area contributed by atoms with Crippen molar-refractivity contribution in [1.82, 2.24) is 0 Å². The molecule has 0 fully saturated rings. The normalized spacial score (nSPS) is 10.0. The van der Waals surface area contributed by atoms with Gasteiger partial charge in [-0.15, -0.1) is 0 Å². The minimum atomic E-state index is -0.795. The van der Waals surface area contributed by atoms with Crippen LogP contribution >= 0.6 is 11.6 Å². The molecule has 0 radical (unpaired) electrons. The fraction of sp³-hybridized carbons (Fsp3) is 0.0667. The van der Waals surface area contributed by atoms with Gasteiger partial charge in [0, 0.05) is 11.1 Å². The van der Waals surface area contributed by atoms with Crippen LogP contribution in [0.5, 0.6) is 0 Å². The first-order valence-corrected chi connectivity index (χ1v) is 6.31. The first kappa shape index (κ1) is 14.9. The zero-order chi connectivity index (χ0) is 15.4. The second-order valence-electron chi connectivity index (χ2n) is 4.26. The van der Waals surface area contributed by atoms with Gasteiger partial charge in [0.05, 0.1) is 17.7 Å². The second-order valence-corrected chi connectivity index (χ2v) is 4.70. The summed E-state index contributed by atoms with van der Waals surface area (Å²) < 4.78 is 26.2. The zero-order valence-electron chi connectivity index (χ0n) is 10.7. The van der Waals surface area contributed by atoms with Gasteiger partial charge in [-0.25, -0.2) is 8.78 Å². The Morgan fingerprint density at radius 3 is 2.67 bits per heavy atom. The van der Waals surface area contributed by atoms with Crippen LogP contribution in [-0.4, -0.2) is 5.91 Å². The van der Waals surface area contributed by atoms with Gasteiger partial charge in [0.15, 0.2) is 0 Å². The molecule has 0 aliphatic heterocycles. The summed E-state index contributed by atoms with van der Waals surface area (Å²) in [6.45, 7) is 0. The maximum absolute atomic E-state index is 13.5. The van der Waals surface area contributed by atoms with Crippen LogP contribution in [0.1, 0.15) is 11.1 Å². The maximum Gasteiger partial charge on any atom is 0.228 e. The molecule has 0 unspecified atom stereocenters. The van der Waals surface area contributed by atoms with Gasteiger partial charge in [-0.05, 0) is 29.8 Å². The van der Waals surface area contributed by atoms with Crippen molar-refractivity contribution in [2.75, 3.05) is 5.32 Å². The van der Waals surface area contributed by atoms with E-state index >= 15 is 0 Å². The minimum Gasteiger partial charge on any atom is -0.325 e. The third-order valence-electron chi connectivity index (χ3n) is 2.74. The number of carbonyl (C=O) groups excluding carboxylic acids is 1. The fourth-order valence-electron chi connectivity index (χ4n) is 1.75. The molecule has 106 valence electrons. The summed E-state index contributed by atoms with van der Waals surface area (Å²) in [5, 5.41) is 11.8. The Balaban J connectivity index is 2.15. The lowest BCUT2D eigenvalue weighted by Crippen LogP contribution is -2.16. The number of halogens is 3. The van der Waals surface area contributed by atoms with E-state index in [0.29, 0.717) is 11.1 Å². The van der Waals surface area contributed by atoms with Gasteiger partial charge in [-0.3, -0.25) is 4.79 Å². The third kappa shape index (κ3) is 3.77. The van der Waals surface area contributed by atoms with Gasteiger partial charge in [0.2, 0.25) is 5.91 Å². The Hall–Kier alpha value is -2.45. The molecule has 21 heavy (non-hydrogen) atoms. The molecule has 0 spiro atoms. The van der Waals surface area contributed by atoms with Gasteiger partial charge in [-0.1, -0.05) is 17.7 Å². The van der Waals surface area contributed by atoms with Gasteiger partial charge < -0.3 is 5.32 Å². The standard InChI is InChI=1S/C15H9ClF2N2O/c16-11-3-1-10(8-19)14(6-11)20-15(21)5-9-2-4-12(17)7-13(9)18/h1-4,6-7H,5H2,(H,20,21). The summed E-state index contributed by atoms with van der Waals surface area (Å²) in [6.07, 6.45) is -0.274. The molecule has 0 saturated heterocycles. The van der Waals surface area contributed by atoms with Crippen LogP contribution in [0.4, 0.5) is 14.5 Å². The molecule has 0 saturated carbocycles. The van der Waals surface area contributed by atoms with Crippen LogP contribution in [0, 0.1) is 23.0 Å². The summed E-state index contributed by atoms with van der Waals surface area (Å²) in [5.74, 6) is -2.03. The quantitative estimate of drug-likeness (QED) is 0.940. The van der Waals surface area contributed by atoms with Crippen molar-refractivity contribution >= 4 is 23.2 Å². The lowest BCUT2D eigenvalue weighted by Gasteiger charge is -2.08. The predicted octanol–water partition coefficient (Wildman–Crippen LogP) is 3.67. The fourth-order valence-corrected chi connectivity index (χ4v) is 1.92. The van der Waals surface area contributed by atoms with E-state index in [1.165, 1.54) is 24.3 Å². The summed E-state index contributed by atoms with van der Waals surface area (Å²) in [4.78, 5) is 11.9.